The Kier molecular flexibility index (Phi) is 7.45. The van der Waals surface area contributed by atoms with Crippen LogP contribution in [-0.4, -0.2) is 43.6 Å². The van der Waals surface area contributed by atoms with Crippen molar-refractivity contribution in [3.63, 3.8) is 0 Å². The van der Waals surface area contributed by atoms with Crippen molar-refractivity contribution in [2.45, 2.75) is 33.3 Å². The van der Waals surface area contributed by atoms with Gasteiger partial charge >= 0.3 is 0 Å². The van der Waals surface area contributed by atoms with Crippen molar-refractivity contribution in [2.24, 2.45) is 10.4 Å². The number of nitrogens with one attached hydrogen (secondary N) is 1. The smallest absolute Gasteiger partial charge is 0.193 e. The number of halogens is 1. The second-order valence-electron chi connectivity index (χ2n) is 6.51. The fraction of sp³-hybridized carbons (Fsp3) is 0.588. The summed E-state index contributed by atoms with van der Waals surface area (Å²) < 4.78 is 5.88. The van der Waals surface area contributed by atoms with E-state index in [4.69, 9.17) is 4.74 Å². The Morgan fingerprint density at radius 2 is 2.05 bits per heavy atom. The maximum absolute atomic E-state index is 5.88. The largest absolute Gasteiger partial charge is 0.489 e. The van der Waals surface area contributed by atoms with Gasteiger partial charge in [0.1, 0.15) is 11.9 Å². The van der Waals surface area contributed by atoms with Crippen LogP contribution < -0.4 is 10.1 Å². The lowest BCUT2D eigenvalue weighted by atomic mass is 9.93. The summed E-state index contributed by atoms with van der Waals surface area (Å²) in [6.07, 6.45) is 1.31. The van der Waals surface area contributed by atoms with Gasteiger partial charge in [-0.3, -0.25) is 4.99 Å². The van der Waals surface area contributed by atoms with E-state index in [2.05, 4.69) is 36.0 Å². The summed E-state index contributed by atoms with van der Waals surface area (Å²) >= 11 is 0. The number of nitrogens with zero attached hydrogens (tertiary/aromatic N) is 2. The average molecular weight is 417 g/mol. The number of para-hydroxylation sites is 1. The molecular weight excluding hydrogens is 389 g/mol. The number of ether oxygens (including phenoxy) is 1. The molecule has 22 heavy (non-hydrogen) atoms. The van der Waals surface area contributed by atoms with Gasteiger partial charge in [-0.15, -0.1) is 24.0 Å². The zero-order chi connectivity index (χ0) is 15.3. The van der Waals surface area contributed by atoms with Gasteiger partial charge in [-0.2, -0.15) is 0 Å². The van der Waals surface area contributed by atoms with Crippen LogP contribution in [0.3, 0.4) is 0 Å². The van der Waals surface area contributed by atoms with Gasteiger partial charge < -0.3 is 15.0 Å². The predicted molar refractivity (Wildman–Crippen MR) is 103 cm³/mol. The van der Waals surface area contributed by atoms with E-state index in [9.17, 15) is 0 Å². The van der Waals surface area contributed by atoms with Gasteiger partial charge in [0.15, 0.2) is 5.96 Å². The van der Waals surface area contributed by atoms with Gasteiger partial charge in [-0.05, 0) is 30.9 Å². The molecule has 1 aromatic rings. The van der Waals surface area contributed by atoms with Crippen molar-refractivity contribution in [1.82, 2.24) is 10.2 Å². The van der Waals surface area contributed by atoms with Crippen LogP contribution in [0.5, 0.6) is 5.75 Å². The molecule has 2 rings (SSSR count). The van der Waals surface area contributed by atoms with Crippen LogP contribution in [0.15, 0.2) is 35.3 Å². The molecule has 1 heterocycles. The number of likely N-dealkylation sites (tertiary alicyclic amines) is 1. The molecule has 1 aliphatic rings. The molecule has 0 aliphatic carbocycles. The zero-order valence-corrected chi connectivity index (χ0v) is 16.3. The molecule has 1 saturated heterocycles. The van der Waals surface area contributed by atoms with Crippen molar-refractivity contribution in [3.05, 3.63) is 30.3 Å². The second-order valence-corrected chi connectivity index (χ2v) is 6.51. The molecule has 0 amide bonds. The highest BCUT2D eigenvalue weighted by Crippen LogP contribution is 2.28. The van der Waals surface area contributed by atoms with Gasteiger partial charge in [0.25, 0.3) is 0 Å². The Balaban J connectivity index is 0.00000242. The number of rotatable bonds is 4. The monoisotopic (exact) mass is 417 g/mol. The Morgan fingerprint density at radius 1 is 1.36 bits per heavy atom. The molecule has 1 fully saturated rings. The first-order valence-electron chi connectivity index (χ1n) is 7.67. The van der Waals surface area contributed by atoms with Gasteiger partial charge in [0.05, 0.1) is 6.54 Å². The minimum atomic E-state index is 0. The zero-order valence-electron chi connectivity index (χ0n) is 14.0. The van der Waals surface area contributed by atoms with E-state index in [1.807, 2.05) is 37.4 Å². The average Bonchev–Trinajstić information content (AvgIpc) is 2.81. The van der Waals surface area contributed by atoms with Gasteiger partial charge in [-0.25, -0.2) is 0 Å². The first-order chi connectivity index (χ1) is 10.00. The standard InChI is InChI=1S/C17H27N3O.HI/c1-14(21-15-8-6-5-7-9-15)12-19-16(18-4)20-11-10-17(2,3)13-20;/h5-9,14H,10-13H2,1-4H3,(H,18,19);1H. The third kappa shape index (κ3) is 5.66. The van der Waals surface area contributed by atoms with E-state index in [1.54, 1.807) is 0 Å². The molecule has 5 heteroatoms. The highest BCUT2D eigenvalue weighted by atomic mass is 127. The molecular formula is C17H28IN3O. The summed E-state index contributed by atoms with van der Waals surface area (Å²) in [5.74, 6) is 1.88. The summed E-state index contributed by atoms with van der Waals surface area (Å²) in [6.45, 7) is 9.56. The number of guanidine groups is 1. The quantitative estimate of drug-likeness (QED) is 0.464. The van der Waals surface area contributed by atoms with Crippen LogP contribution in [0.1, 0.15) is 27.2 Å². The van der Waals surface area contributed by atoms with Gasteiger partial charge in [0, 0.05) is 20.1 Å². The van der Waals surface area contributed by atoms with Crippen LogP contribution in [0.4, 0.5) is 0 Å². The molecule has 0 bridgehead atoms. The number of benzene rings is 1. The maximum atomic E-state index is 5.88. The van der Waals surface area contributed by atoms with E-state index < -0.39 is 0 Å². The molecule has 4 nitrogen and oxygen atoms in total. The Morgan fingerprint density at radius 3 is 2.59 bits per heavy atom. The van der Waals surface area contributed by atoms with Crippen molar-refractivity contribution in [3.8, 4) is 5.75 Å². The lowest BCUT2D eigenvalue weighted by molar-refractivity contribution is 0.222. The Hall–Kier alpha value is -0.980. The molecule has 0 saturated carbocycles. The van der Waals surface area contributed by atoms with E-state index in [0.717, 1.165) is 31.3 Å². The van der Waals surface area contributed by atoms with Crippen molar-refractivity contribution >= 4 is 29.9 Å². The summed E-state index contributed by atoms with van der Waals surface area (Å²) in [6, 6.07) is 9.93. The summed E-state index contributed by atoms with van der Waals surface area (Å²) in [7, 11) is 1.84. The van der Waals surface area contributed by atoms with E-state index in [1.165, 1.54) is 6.42 Å². The van der Waals surface area contributed by atoms with Gasteiger partial charge in [0.2, 0.25) is 0 Å². The minimum Gasteiger partial charge on any atom is -0.489 e. The van der Waals surface area contributed by atoms with Crippen molar-refractivity contribution in [2.75, 3.05) is 26.7 Å². The van der Waals surface area contributed by atoms with Crippen LogP contribution >= 0.6 is 24.0 Å². The molecule has 1 aliphatic heterocycles. The molecule has 124 valence electrons. The highest BCUT2D eigenvalue weighted by Gasteiger charge is 2.30. The fourth-order valence-electron chi connectivity index (χ4n) is 2.63. The van der Waals surface area contributed by atoms with E-state index in [-0.39, 0.29) is 30.1 Å². The summed E-state index contributed by atoms with van der Waals surface area (Å²) in [5.41, 5.74) is 0.379. The number of hydrogen-bond acceptors (Lipinski definition) is 2. The van der Waals surface area contributed by atoms with Crippen LogP contribution in [0.2, 0.25) is 0 Å². The number of hydrogen-bond donors (Lipinski definition) is 1. The number of aliphatic imine (C=N–C) groups is 1. The van der Waals surface area contributed by atoms with E-state index >= 15 is 0 Å². The van der Waals surface area contributed by atoms with Crippen LogP contribution in [-0.2, 0) is 0 Å². The topological polar surface area (TPSA) is 36.9 Å². The minimum absolute atomic E-state index is 0. The lowest BCUT2D eigenvalue weighted by Gasteiger charge is -2.25. The lowest BCUT2D eigenvalue weighted by Crippen LogP contribution is -2.44. The molecule has 1 aromatic carbocycles. The normalized spacial score (nSPS) is 18.5. The predicted octanol–water partition coefficient (Wildman–Crippen LogP) is 3.38. The molecule has 0 radical (unpaired) electrons. The van der Waals surface area contributed by atoms with Crippen molar-refractivity contribution < 1.29 is 4.74 Å². The highest BCUT2D eigenvalue weighted by molar-refractivity contribution is 14.0. The second kappa shape index (κ2) is 8.60. The van der Waals surface area contributed by atoms with Crippen LogP contribution in [0.25, 0.3) is 0 Å². The molecule has 1 atom stereocenters. The van der Waals surface area contributed by atoms with Gasteiger partial charge in [-0.1, -0.05) is 32.0 Å². The summed E-state index contributed by atoms with van der Waals surface area (Å²) in [5, 5.41) is 3.42. The third-order valence-electron chi connectivity index (χ3n) is 3.82. The third-order valence-corrected chi connectivity index (χ3v) is 3.82. The maximum Gasteiger partial charge on any atom is 0.193 e. The Bertz CT molecular complexity index is 476. The Labute approximate surface area is 151 Å². The first kappa shape index (κ1) is 19.1. The first-order valence-corrected chi connectivity index (χ1v) is 7.67. The van der Waals surface area contributed by atoms with E-state index in [0.29, 0.717) is 5.41 Å². The fourth-order valence-corrected chi connectivity index (χ4v) is 2.63. The molecule has 0 spiro atoms. The van der Waals surface area contributed by atoms with Crippen LogP contribution in [0, 0.1) is 5.41 Å². The SMILES string of the molecule is CN=C(NCC(C)Oc1ccccc1)N1CCC(C)(C)C1.I. The molecule has 0 aromatic heterocycles. The molecule has 1 N–H and O–H groups in total. The summed E-state index contributed by atoms with van der Waals surface area (Å²) in [4.78, 5) is 6.72. The molecule has 1 unspecified atom stereocenters. The van der Waals surface area contributed by atoms with Crippen molar-refractivity contribution in [1.29, 1.82) is 0 Å².